The highest BCUT2D eigenvalue weighted by molar-refractivity contribution is 7.78. The third-order valence-corrected chi connectivity index (χ3v) is 5.96. The molecule has 1 unspecified atom stereocenters. The summed E-state index contributed by atoms with van der Waals surface area (Å²) >= 11 is -0.379. The number of aromatic nitrogens is 2. The second-order valence-electron chi connectivity index (χ2n) is 6.70. The molecule has 0 saturated heterocycles. The van der Waals surface area contributed by atoms with Crippen molar-refractivity contribution in [1.29, 1.82) is 0 Å². The summed E-state index contributed by atoms with van der Waals surface area (Å²) in [5, 5.41) is 8.25. The van der Waals surface area contributed by atoms with Gasteiger partial charge in [0, 0.05) is 5.56 Å². The zero-order valence-corrected chi connectivity index (χ0v) is 17.3. The fraction of sp³-hybridized carbons (Fsp3) is 0.0909. The smallest absolute Gasteiger partial charge is 0.275 e. The summed E-state index contributed by atoms with van der Waals surface area (Å²) in [4.78, 5) is 13.3. The zero-order valence-electron chi connectivity index (χ0n) is 15.7. The molecule has 0 aliphatic heterocycles. The summed E-state index contributed by atoms with van der Waals surface area (Å²) in [7, 11) is 0. The summed E-state index contributed by atoms with van der Waals surface area (Å²) in [5.41, 5.74) is 3.80. The molecule has 0 aliphatic carbocycles. The van der Waals surface area contributed by atoms with Gasteiger partial charge in [-0.2, -0.15) is 16.4 Å². The molecule has 0 amide bonds. The summed E-state index contributed by atoms with van der Waals surface area (Å²) in [6.45, 7) is 0.345. The highest BCUT2D eigenvalue weighted by Gasteiger charge is 2.16. The molecule has 30 heavy (non-hydrogen) atoms. The van der Waals surface area contributed by atoms with E-state index in [2.05, 4.69) is 5.10 Å². The van der Waals surface area contributed by atoms with Gasteiger partial charge in [-0.3, -0.25) is 4.79 Å². The van der Waals surface area contributed by atoms with Crippen molar-refractivity contribution in [3.8, 4) is 22.3 Å². The minimum atomic E-state index is -1.93. The maximum atomic E-state index is 13.5. The molecule has 0 aliphatic rings. The largest absolute Gasteiger partial charge is 0.306 e. The van der Waals surface area contributed by atoms with E-state index in [-0.39, 0.29) is 17.1 Å². The van der Waals surface area contributed by atoms with Crippen molar-refractivity contribution in [3.63, 3.8) is 0 Å². The standard InChI is InChI=1S/C22H17FN2O3S2/c23-19-7-5-18(6-8-19)21-20(17-3-1-15(2-4-17)14-30(27)28)11-24-25(22(21)26)12-16-9-10-29-13-16/h1-11,13H,12,14H2,(H,27,28). The van der Waals surface area contributed by atoms with Crippen LogP contribution in [0.15, 0.2) is 76.3 Å². The van der Waals surface area contributed by atoms with Crippen molar-refractivity contribution in [2.24, 2.45) is 0 Å². The lowest BCUT2D eigenvalue weighted by Crippen LogP contribution is -2.25. The Bertz CT molecular complexity index is 1240. The molecule has 2 aromatic carbocycles. The number of hydrogen-bond donors (Lipinski definition) is 1. The van der Waals surface area contributed by atoms with Gasteiger partial charge in [-0.15, -0.1) is 0 Å². The van der Waals surface area contributed by atoms with E-state index in [1.165, 1.54) is 16.8 Å². The van der Waals surface area contributed by atoms with Gasteiger partial charge in [0.15, 0.2) is 11.1 Å². The molecule has 0 fully saturated rings. The van der Waals surface area contributed by atoms with Crippen LogP contribution in [0.2, 0.25) is 0 Å². The number of hydrogen-bond acceptors (Lipinski definition) is 4. The van der Waals surface area contributed by atoms with Crippen molar-refractivity contribution in [2.45, 2.75) is 12.3 Å². The number of nitrogens with zero attached hydrogens (tertiary/aromatic N) is 2. The lowest BCUT2D eigenvalue weighted by Gasteiger charge is -2.13. The Morgan fingerprint density at radius 2 is 1.70 bits per heavy atom. The van der Waals surface area contributed by atoms with Crippen LogP contribution in [0, 0.1) is 5.82 Å². The van der Waals surface area contributed by atoms with Gasteiger partial charge in [0.05, 0.1) is 24.1 Å². The Balaban J connectivity index is 1.83. The first-order valence-corrected chi connectivity index (χ1v) is 11.3. The number of rotatable bonds is 6. The Morgan fingerprint density at radius 1 is 1.00 bits per heavy atom. The molecule has 2 aromatic heterocycles. The number of thiophene rings is 1. The highest BCUT2D eigenvalue weighted by Crippen LogP contribution is 2.29. The van der Waals surface area contributed by atoms with Crippen LogP contribution in [-0.4, -0.2) is 18.5 Å². The average Bonchev–Trinajstić information content (AvgIpc) is 3.24. The molecule has 2 heterocycles. The molecule has 1 N–H and O–H groups in total. The quantitative estimate of drug-likeness (QED) is 0.447. The second kappa shape index (κ2) is 8.83. The third-order valence-electron chi connectivity index (χ3n) is 4.64. The summed E-state index contributed by atoms with van der Waals surface area (Å²) in [6, 6.07) is 14.8. The van der Waals surface area contributed by atoms with Crippen LogP contribution in [0.3, 0.4) is 0 Å². The van der Waals surface area contributed by atoms with E-state index in [0.29, 0.717) is 28.8 Å². The average molecular weight is 441 g/mol. The Hall–Kier alpha value is -2.94. The maximum absolute atomic E-state index is 13.5. The number of benzene rings is 2. The number of halogens is 1. The first kappa shape index (κ1) is 20.3. The zero-order chi connectivity index (χ0) is 21.1. The van der Waals surface area contributed by atoms with Gasteiger partial charge in [0.1, 0.15) is 5.82 Å². The molecule has 5 nitrogen and oxygen atoms in total. The molecular formula is C22H17FN2O3S2. The minimum absolute atomic E-state index is 0.0333. The van der Waals surface area contributed by atoms with Crippen LogP contribution in [0.5, 0.6) is 0 Å². The summed E-state index contributed by atoms with van der Waals surface area (Å²) < 4.78 is 35.0. The van der Waals surface area contributed by atoms with Gasteiger partial charge >= 0.3 is 0 Å². The summed E-state index contributed by atoms with van der Waals surface area (Å²) in [6.07, 6.45) is 1.63. The van der Waals surface area contributed by atoms with Crippen LogP contribution >= 0.6 is 11.3 Å². The van der Waals surface area contributed by atoms with E-state index in [9.17, 15) is 13.4 Å². The van der Waals surface area contributed by atoms with Gasteiger partial charge in [-0.25, -0.2) is 13.3 Å². The molecule has 0 saturated carbocycles. The fourth-order valence-corrected chi connectivity index (χ4v) is 4.33. The van der Waals surface area contributed by atoms with Gasteiger partial charge in [-0.05, 0) is 51.2 Å². The molecule has 152 valence electrons. The van der Waals surface area contributed by atoms with E-state index in [0.717, 1.165) is 11.1 Å². The van der Waals surface area contributed by atoms with Gasteiger partial charge in [0.2, 0.25) is 0 Å². The van der Waals surface area contributed by atoms with Crippen molar-refractivity contribution in [2.75, 3.05) is 0 Å². The molecule has 8 heteroatoms. The van der Waals surface area contributed by atoms with E-state index in [4.69, 9.17) is 4.55 Å². The molecule has 1 atom stereocenters. The molecule has 4 aromatic rings. The highest BCUT2D eigenvalue weighted by atomic mass is 32.2. The molecule has 0 spiro atoms. The lowest BCUT2D eigenvalue weighted by atomic mass is 9.96. The Morgan fingerprint density at radius 3 is 2.33 bits per heavy atom. The molecule has 0 radical (unpaired) electrons. The second-order valence-corrected chi connectivity index (χ2v) is 8.41. The lowest BCUT2D eigenvalue weighted by molar-refractivity contribution is 0.563. The predicted octanol–water partition coefficient (Wildman–Crippen LogP) is 4.55. The van der Waals surface area contributed by atoms with E-state index >= 15 is 0 Å². The van der Waals surface area contributed by atoms with Gasteiger partial charge in [0.25, 0.3) is 5.56 Å². The van der Waals surface area contributed by atoms with E-state index < -0.39 is 11.1 Å². The van der Waals surface area contributed by atoms with E-state index in [1.807, 2.05) is 16.8 Å². The Labute approximate surface area is 178 Å². The van der Waals surface area contributed by atoms with Crippen molar-refractivity contribution >= 4 is 22.4 Å². The first-order chi connectivity index (χ1) is 14.5. The van der Waals surface area contributed by atoms with Crippen LogP contribution < -0.4 is 5.56 Å². The van der Waals surface area contributed by atoms with Gasteiger partial charge in [-0.1, -0.05) is 36.4 Å². The van der Waals surface area contributed by atoms with Crippen LogP contribution in [0.4, 0.5) is 4.39 Å². The molecule has 4 rings (SSSR count). The minimum Gasteiger partial charge on any atom is -0.306 e. The topological polar surface area (TPSA) is 72.2 Å². The van der Waals surface area contributed by atoms with E-state index in [1.54, 1.807) is 53.9 Å². The molecular weight excluding hydrogens is 423 g/mol. The fourth-order valence-electron chi connectivity index (χ4n) is 3.19. The maximum Gasteiger partial charge on any atom is 0.275 e. The SMILES string of the molecule is O=c1c(-c2ccc(F)cc2)c(-c2ccc(CS(=O)O)cc2)cnn1Cc1ccsc1. The van der Waals surface area contributed by atoms with Crippen molar-refractivity contribution < 1.29 is 13.2 Å². The van der Waals surface area contributed by atoms with Gasteiger partial charge < -0.3 is 4.55 Å². The predicted molar refractivity (Wildman–Crippen MR) is 117 cm³/mol. The van der Waals surface area contributed by atoms with Crippen LogP contribution in [-0.2, 0) is 23.4 Å². The first-order valence-electron chi connectivity index (χ1n) is 9.05. The molecule has 0 bridgehead atoms. The van der Waals surface area contributed by atoms with Crippen molar-refractivity contribution in [1.82, 2.24) is 9.78 Å². The van der Waals surface area contributed by atoms with Crippen LogP contribution in [0.1, 0.15) is 11.1 Å². The Kier molecular flexibility index (Phi) is 5.98. The third kappa shape index (κ3) is 4.46. The monoisotopic (exact) mass is 440 g/mol. The van der Waals surface area contributed by atoms with Crippen molar-refractivity contribution in [3.05, 3.63) is 98.9 Å². The van der Waals surface area contributed by atoms with Crippen LogP contribution in [0.25, 0.3) is 22.3 Å². The normalized spacial score (nSPS) is 12.1. The summed E-state index contributed by atoms with van der Waals surface area (Å²) in [5.74, 6) is -0.347.